The second-order valence-electron chi connectivity index (χ2n) is 6.72. The zero-order valence-electron chi connectivity index (χ0n) is 15.9. The largest absolute Gasteiger partial charge is 0.325 e. The number of nitrogens with zero attached hydrogens (tertiary/aromatic N) is 4. The molecule has 2 aromatic heterocycles. The second kappa shape index (κ2) is 8.02. The highest BCUT2D eigenvalue weighted by Crippen LogP contribution is 2.13. The van der Waals surface area contributed by atoms with Crippen LogP contribution < -0.4 is 5.56 Å². The van der Waals surface area contributed by atoms with Gasteiger partial charge in [-0.2, -0.15) is 0 Å². The summed E-state index contributed by atoms with van der Waals surface area (Å²) in [6.07, 6.45) is 3.02. The molecule has 7 nitrogen and oxygen atoms in total. The summed E-state index contributed by atoms with van der Waals surface area (Å²) in [6.45, 7) is 2.31. The zero-order valence-corrected chi connectivity index (χ0v) is 15.9. The van der Waals surface area contributed by atoms with E-state index in [2.05, 4.69) is 19.9 Å². The molecule has 2 heterocycles. The van der Waals surface area contributed by atoms with Crippen molar-refractivity contribution in [3.63, 3.8) is 0 Å². The van der Waals surface area contributed by atoms with E-state index in [1.165, 1.54) is 6.20 Å². The lowest BCUT2D eigenvalue weighted by molar-refractivity contribution is 0.0719. The number of H-pyrrole nitrogens is 1. The molecule has 4 aromatic rings. The first kappa shape index (κ1) is 18.5. The van der Waals surface area contributed by atoms with Crippen LogP contribution in [0.15, 0.2) is 71.8 Å². The lowest BCUT2D eigenvalue weighted by Gasteiger charge is -2.22. The maximum Gasteiger partial charge on any atom is 0.274 e. The fourth-order valence-corrected chi connectivity index (χ4v) is 3.06. The van der Waals surface area contributed by atoms with Crippen LogP contribution in [0.25, 0.3) is 10.9 Å². The van der Waals surface area contributed by atoms with Crippen LogP contribution in [-0.4, -0.2) is 30.7 Å². The van der Waals surface area contributed by atoms with E-state index < -0.39 is 0 Å². The van der Waals surface area contributed by atoms with Crippen molar-refractivity contribution in [1.82, 2.24) is 24.8 Å². The average molecular weight is 385 g/mol. The van der Waals surface area contributed by atoms with Crippen molar-refractivity contribution in [1.29, 1.82) is 0 Å². The van der Waals surface area contributed by atoms with E-state index in [-0.39, 0.29) is 23.7 Å². The minimum absolute atomic E-state index is 0.142. The van der Waals surface area contributed by atoms with Crippen LogP contribution >= 0.6 is 0 Å². The number of aromatic nitrogens is 4. The Morgan fingerprint density at radius 1 is 0.966 bits per heavy atom. The molecule has 0 aliphatic heterocycles. The van der Waals surface area contributed by atoms with Gasteiger partial charge in [-0.1, -0.05) is 42.5 Å². The van der Waals surface area contributed by atoms with E-state index in [0.29, 0.717) is 23.3 Å². The maximum atomic E-state index is 13.1. The maximum absolute atomic E-state index is 13.1. The molecule has 29 heavy (non-hydrogen) atoms. The van der Waals surface area contributed by atoms with Gasteiger partial charge in [-0.3, -0.25) is 14.6 Å². The molecule has 0 aliphatic rings. The number of benzene rings is 2. The molecule has 0 unspecified atom stereocenters. The number of amides is 1. The quantitative estimate of drug-likeness (QED) is 0.570. The third-order valence-electron chi connectivity index (χ3n) is 4.51. The van der Waals surface area contributed by atoms with E-state index in [1.807, 2.05) is 43.3 Å². The summed E-state index contributed by atoms with van der Waals surface area (Å²) in [5.74, 6) is 0.134. The van der Waals surface area contributed by atoms with Crippen molar-refractivity contribution < 1.29 is 4.79 Å². The summed E-state index contributed by atoms with van der Waals surface area (Å²) in [5, 5.41) is 0.515. The predicted molar refractivity (Wildman–Crippen MR) is 109 cm³/mol. The van der Waals surface area contributed by atoms with Gasteiger partial charge in [0.05, 0.1) is 29.3 Å². The first-order valence-electron chi connectivity index (χ1n) is 9.20. The van der Waals surface area contributed by atoms with E-state index in [4.69, 9.17) is 0 Å². The van der Waals surface area contributed by atoms with Gasteiger partial charge in [0.1, 0.15) is 11.5 Å². The monoisotopic (exact) mass is 385 g/mol. The number of carbonyl (C=O) groups is 1. The molecule has 4 rings (SSSR count). The number of hydrogen-bond acceptors (Lipinski definition) is 5. The molecule has 0 atom stereocenters. The molecule has 1 amide bonds. The summed E-state index contributed by atoms with van der Waals surface area (Å²) in [4.78, 5) is 42.8. The topological polar surface area (TPSA) is 91.8 Å². The predicted octanol–water partition coefficient (Wildman–Crippen LogP) is 2.86. The highest BCUT2D eigenvalue weighted by atomic mass is 16.2. The van der Waals surface area contributed by atoms with Gasteiger partial charge in [0.15, 0.2) is 0 Å². The van der Waals surface area contributed by atoms with Gasteiger partial charge < -0.3 is 9.88 Å². The molecular formula is C22H19N5O2. The molecule has 0 bridgehead atoms. The highest BCUT2D eigenvalue weighted by molar-refractivity contribution is 5.92. The Bertz CT molecular complexity index is 1200. The van der Waals surface area contributed by atoms with Crippen molar-refractivity contribution in [2.75, 3.05) is 0 Å². The smallest absolute Gasteiger partial charge is 0.274 e. The Kier molecular flexibility index (Phi) is 5.11. The van der Waals surface area contributed by atoms with Gasteiger partial charge in [-0.05, 0) is 24.6 Å². The van der Waals surface area contributed by atoms with Crippen molar-refractivity contribution in [3.05, 3.63) is 100 Å². The third kappa shape index (κ3) is 4.19. The molecule has 0 saturated heterocycles. The van der Waals surface area contributed by atoms with Gasteiger partial charge in [-0.25, -0.2) is 9.97 Å². The van der Waals surface area contributed by atoms with Gasteiger partial charge >= 0.3 is 0 Å². The third-order valence-corrected chi connectivity index (χ3v) is 4.51. The fourth-order valence-electron chi connectivity index (χ4n) is 3.06. The number of aromatic amines is 1. The number of carbonyl (C=O) groups excluding carboxylic acids is 1. The van der Waals surface area contributed by atoms with Crippen LogP contribution in [0.5, 0.6) is 0 Å². The fraction of sp³-hybridized carbons (Fsp3) is 0.136. The highest BCUT2D eigenvalue weighted by Gasteiger charge is 2.20. The summed E-state index contributed by atoms with van der Waals surface area (Å²) >= 11 is 0. The number of hydrogen-bond donors (Lipinski definition) is 1. The Hall–Kier alpha value is -3.87. The van der Waals surface area contributed by atoms with Crippen LogP contribution in [0.4, 0.5) is 0 Å². The molecule has 0 aliphatic carbocycles. The molecular weight excluding hydrogens is 366 g/mol. The van der Waals surface area contributed by atoms with Gasteiger partial charge in [0.25, 0.3) is 11.5 Å². The summed E-state index contributed by atoms with van der Waals surface area (Å²) < 4.78 is 0. The first-order valence-corrected chi connectivity index (χ1v) is 9.20. The number of para-hydroxylation sites is 1. The molecule has 1 N–H and O–H groups in total. The Balaban J connectivity index is 1.69. The van der Waals surface area contributed by atoms with Crippen LogP contribution in [0.3, 0.4) is 0 Å². The SMILES string of the molecule is Cc1cnc(C(=O)N(Cc2ccccc2)Cc2nc3ccccc3c(=O)[nH]2)cn1. The number of rotatable bonds is 5. The minimum Gasteiger partial charge on any atom is -0.325 e. The van der Waals surface area contributed by atoms with Crippen molar-refractivity contribution in [2.24, 2.45) is 0 Å². The first-order chi connectivity index (χ1) is 14.1. The Morgan fingerprint density at radius 2 is 1.72 bits per heavy atom. The van der Waals surface area contributed by atoms with Crippen molar-refractivity contribution in [3.8, 4) is 0 Å². The number of nitrogens with one attached hydrogen (secondary N) is 1. The van der Waals surface area contributed by atoms with Gasteiger partial charge in [0, 0.05) is 12.7 Å². The number of fused-ring (bicyclic) bond motifs is 1. The Labute approximate surface area is 167 Å². The molecule has 2 aromatic carbocycles. The van der Waals surface area contributed by atoms with Gasteiger partial charge in [-0.15, -0.1) is 0 Å². The van der Waals surface area contributed by atoms with Crippen LogP contribution in [0.1, 0.15) is 27.6 Å². The second-order valence-corrected chi connectivity index (χ2v) is 6.72. The lowest BCUT2D eigenvalue weighted by Crippen LogP contribution is -2.32. The minimum atomic E-state index is -0.280. The summed E-state index contributed by atoms with van der Waals surface area (Å²) in [5.41, 5.74) is 2.30. The summed E-state index contributed by atoms with van der Waals surface area (Å²) in [7, 11) is 0. The lowest BCUT2D eigenvalue weighted by atomic mass is 10.2. The zero-order chi connectivity index (χ0) is 20.2. The van der Waals surface area contributed by atoms with E-state index in [0.717, 1.165) is 11.3 Å². The molecule has 0 fully saturated rings. The van der Waals surface area contributed by atoms with E-state index in [1.54, 1.807) is 29.3 Å². The van der Waals surface area contributed by atoms with Crippen molar-refractivity contribution in [2.45, 2.75) is 20.0 Å². The standard InChI is InChI=1S/C22H19N5O2/c1-15-11-24-19(12-23-15)22(29)27(13-16-7-3-2-4-8-16)14-20-25-18-10-6-5-9-17(18)21(28)26-20/h2-12H,13-14H2,1H3,(H,25,26,28). The van der Waals surface area contributed by atoms with Gasteiger partial charge in [0.2, 0.25) is 0 Å². The normalized spacial score (nSPS) is 10.8. The van der Waals surface area contributed by atoms with E-state index >= 15 is 0 Å². The molecule has 144 valence electrons. The molecule has 0 saturated carbocycles. The molecule has 0 spiro atoms. The van der Waals surface area contributed by atoms with E-state index in [9.17, 15) is 9.59 Å². The summed E-state index contributed by atoms with van der Waals surface area (Å²) in [6, 6.07) is 16.8. The van der Waals surface area contributed by atoms with Crippen LogP contribution in [-0.2, 0) is 13.1 Å². The Morgan fingerprint density at radius 3 is 2.48 bits per heavy atom. The van der Waals surface area contributed by atoms with Crippen LogP contribution in [0.2, 0.25) is 0 Å². The molecule has 0 radical (unpaired) electrons. The molecule has 7 heteroatoms. The van der Waals surface area contributed by atoms with Crippen LogP contribution in [0, 0.1) is 6.92 Å². The average Bonchev–Trinajstić information content (AvgIpc) is 2.74. The number of aryl methyl sites for hydroxylation is 1. The van der Waals surface area contributed by atoms with Crippen molar-refractivity contribution >= 4 is 16.8 Å².